The van der Waals surface area contributed by atoms with Crippen LogP contribution in [0.2, 0.25) is 0 Å². The van der Waals surface area contributed by atoms with Gasteiger partial charge in [0.25, 0.3) is 5.71 Å². The van der Waals surface area contributed by atoms with Gasteiger partial charge in [-0.25, -0.2) is 9.18 Å². The molecular weight excluding hydrogens is 493 g/mol. The van der Waals surface area contributed by atoms with Crippen molar-refractivity contribution in [3.05, 3.63) is 94.3 Å². The molecule has 3 aliphatic heterocycles. The Kier molecular flexibility index (Phi) is 6.39. The average molecular weight is 525 g/mol. The van der Waals surface area contributed by atoms with Crippen LogP contribution < -0.4 is 5.32 Å². The number of hydrogen-bond donors (Lipinski definition) is 1. The van der Waals surface area contributed by atoms with Gasteiger partial charge >= 0.3 is 11.8 Å². The Morgan fingerprint density at radius 2 is 1.77 bits per heavy atom. The number of carbonyl (C=O) groups excluding carboxylic acids is 2. The summed E-state index contributed by atoms with van der Waals surface area (Å²) in [5.74, 6) is -0.811. The summed E-state index contributed by atoms with van der Waals surface area (Å²) < 4.78 is 22.2. The summed E-state index contributed by atoms with van der Waals surface area (Å²) in [6.45, 7) is 9.46. The van der Waals surface area contributed by atoms with E-state index in [2.05, 4.69) is 36.2 Å². The van der Waals surface area contributed by atoms with Gasteiger partial charge < -0.3 is 15.0 Å². The fourth-order valence-electron chi connectivity index (χ4n) is 5.86. The van der Waals surface area contributed by atoms with Gasteiger partial charge in [-0.05, 0) is 69.2 Å². The molecule has 7 heteroatoms. The van der Waals surface area contributed by atoms with Crippen LogP contribution in [0.1, 0.15) is 61.1 Å². The summed E-state index contributed by atoms with van der Waals surface area (Å²) in [6.07, 6.45) is 1.76. The molecule has 198 valence electrons. The summed E-state index contributed by atoms with van der Waals surface area (Å²) in [4.78, 5) is 29.6. The van der Waals surface area contributed by atoms with E-state index in [9.17, 15) is 14.0 Å². The van der Waals surface area contributed by atoms with Crippen LogP contribution in [0, 0.1) is 5.82 Å². The van der Waals surface area contributed by atoms with Gasteiger partial charge in [0.05, 0.1) is 16.8 Å². The van der Waals surface area contributed by atoms with Crippen molar-refractivity contribution >= 4 is 40.2 Å². The normalized spacial score (nSPS) is 21.2. The molecule has 3 aliphatic rings. The average Bonchev–Trinajstić information content (AvgIpc) is 3.53. The monoisotopic (exact) mass is 524 g/mol. The molecule has 3 aromatic rings. The zero-order valence-electron chi connectivity index (χ0n) is 22.4. The van der Waals surface area contributed by atoms with Gasteiger partial charge in [-0.3, -0.25) is 4.79 Å². The molecule has 0 saturated carbocycles. The first-order valence-electron chi connectivity index (χ1n) is 13.6. The zero-order chi connectivity index (χ0) is 27.3. The van der Waals surface area contributed by atoms with Crippen LogP contribution >= 0.6 is 0 Å². The fourth-order valence-corrected chi connectivity index (χ4v) is 5.86. The van der Waals surface area contributed by atoms with Crippen molar-refractivity contribution in [3.63, 3.8) is 0 Å². The van der Waals surface area contributed by atoms with Crippen LogP contribution in [0.15, 0.2) is 60.7 Å². The first-order chi connectivity index (χ1) is 18.9. The highest BCUT2D eigenvalue weighted by Crippen LogP contribution is 2.47. The van der Waals surface area contributed by atoms with Crippen LogP contribution in [-0.2, 0) is 20.7 Å². The molecule has 1 unspecified atom stereocenters. The lowest BCUT2D eigenvalue weighted by Crippen LogP contribution is -2.27. The van der Waals surface area contributed by atoms with Gasteiger partial charge in [0.1, 0.15) is 23.3 Å². The number of nitrogens with one attached hydrogen (secondary N) is 1. The largest absolute Gasteiger partial charge is 0.484 e. The molecule has 0 bridgehead atoms. The van der Waals surface area contributed by atoms with Gasteiger partial charge in [-0.1, -0.05) is 44.2 Å². The van der Waals surface area contributed by atoms with E-state index in [1.54, 1.807) is 18.2 Å². The van der Waals surface area contributed by atoms with E-state index < -0.39 is 11.7 Å². The second-order valence-corrected chi connectivity index (χ2v) is 10.2. The molecule has 3 aromatic carbocycles. The molecule has 2 amide bonds. The van der Waals surface area contributed by atoms with Crippen LogP contribution in [0.5, 0.6) is 0 Å². The smallest absolute Gasteiger partial charge is 0.430 e. The number of amides is 2. The van der Waals surface area contributed by atoms with E-state index in [0.717, 1.165) is 43.6 Å². The number of fused-ring (bicyclic) bond motifs is 3. The highest BCUT2D eigenvalue weighted by molar-refractivity contribution is 6.53. The topological polar surface area (TPSA) is 61.6 Å². The number of aryl methyl sites for hydroxylation is 1. The molecule has 39 heavy (non-hydrogen) atoms. The van der Waals surface area contributed by atoms with Crippen molar-refractivity contribution in [2.24, 2.45) is 0 Å². The third kappa shape index (κ3) is 4.17. The van der Waals surface area contributed by atoms with Crippen LogP contribution in [0.4, 0.5) is 15.8 Å². The minimum Gasteiger partial charge on any atom is -0.484 e. The lowest BCUT2D eigenvalue weighted by Gasteiger charge is -2.17. The number of carbonyl (C=O) groups is 2. The number of benzene rings is 3. The number of ether oxygens (including phenoxy) is 1. The predicted octanol–water partition coefficient (Wildman–Crippen LogP) is 5.69. The van der Waals surface area contributed by atoms with Crippen molar-refractivity contribution in [1.29, 1.82) is 0 Å². The molecule has 0 saturated heterocycles. The summed E-state index contributed by atoms with van der Waals surface area (Å²) in [7, 11) is 0. The Labute approximate surface area is 227 Å². The van der Waals surface area contributed by atoms with Gasteiger partial charge in [-0.2, -0.15) is 0 Å². The maximum absolute atomic E-state index is 14.5. The van der Waals surface area contributed by atoms with E-state index in [4.69, 9.17) is 4.74 Å². The van der Waals surface area contributed by atoms with Gasteiger partial charge in [0, 0.05) is 17.2 Å². The van der Waals surface area contributed by atoms with E-state index in [-0.39, 0.29) is 23.3 Å². The van der Waals surface area contributed by atoms with E-state index in [0.29, 0.717) is 28.3 Å². The quantitative estimate of drug-likeness (QED) is 0.333. The third-order valence-electron chi connectivity index (χ3n) is 7.91. The minimum atomic E-state index is -0.461. The fraction of sp³-hybridized carbons (Fsp3) is 0.281. The van der Waals surface area contributed by atoms with Crippen molar-refractivity contribution in [3.8, 4) is 0 Å². The summed E-state index contributed by atoms with van der Waals surface area (Å²) >= 11 is 0. The van der Waals surface area contributed by atoms with Crippen molar-refractivity contribution in [1.82, 2.24) is 4.90 Å². The Morgan fingerprint density at radius 3 is 2.56 bits per heavy atom. The number of halogens is 1. The number of hydrogen-bond acceptors (Lipinski definition) is 4. The van der Waals surface area contributed by atoms with Crippen LogP contribution in [0.3, 0.4) is 0 Å². The number of rotatable bonds is 6. The molecule has 0 spiro atoms. The molecular formula is C32H31FN3O3+. The number of anilines is 1. The minimum absolute atomic E-state index is 0.230. The first kappa shape index (κ1) is 25.2. The Hall–Kier alpha value is -4.10. The van der Waals surface area contributed by atoms with Crippen molar-refractivity contribution in [2.45, 2.75) is 39.7 Å². The molecule has 6 nitrogen and oxygen atoms in total. The van der Waals surface area contributed by atoms with E-state index in [1.807, 2.05) is 25.1 Å². The molecule has 1 atom stereocenters. The maximum Gasteiger partial charge on any atom is 0.430 e. The van der Waals surface area contributed by atoms with Crippen LogP contribution in [-0.4, -0.2) is 46.6 Å². The summed E-state index contributed by atoms with van der Waals surface area (Å²) in [5.41, 5.74) is 5.72. The highest BCUT2D eigenvalue weighted by atomic mass is 19.1. The lowest BCUT2D eigenvalue weighted by molar-refractivity contribution is -0.353. The number of nitrogens with zero attached hydrogens (tertiary/aromatic N) is 2. The number of para-hydroxylation sites is 1. The predicted molar refractivity (Wildman–Crippen MR) is 149 cm³/mol. The summed E-state index contributed by atoms with van der Waals surface area (Å²) in [6, 6.07) is 17.7. The highest BCUT2D eigenvalue weighted by Gasteiger charge is 2.49. The van der Waals surface area contributed by atoms with Crippen molar-refractivity contribution in [2.75, 3.05) is 25.0 Å². The second kappa shape index (κ2) is 9.89. The molecule has 1 N–H and O–H groups in total. The molecule has 0 aliphatic carbocycles. The molecule has 6 rings (SSSR count). The molecule has 0 fully saturated rings. The summed E-state index contributed by atoms with van der Waals surface area (Å²) in [5, 5.41) is 2.84. The van der Waals surface area contributed by atoms with Gasteiger partial charge in [0.2, 0.25) is 5.69 Å². The molecule has 0 radical (unpaired) electrons. The SMILES string of the molecule is CCN(CC)CCCc1ccc2c(c1)C(C)OC2=C1C(=O)[N+](=C2C(=O)Nc3ccccc32)c2ccc(F)cc21. The zero-order valence-corrected chi connectivity index (χ0v) is 22.4. The van der Waals surface area contributed by atoms with Crippen LogP contribution in [0.25, 0.3) is 11.3 Å². The third-order valence-corrected chi connectivity index (χ3v) is 7.91. The standard InChI is InChI=1S/C32H30FN3O3/c1-4-35(5-2)16-8-9-20-12-14-22-24(17-20)19(3)39-30(22)28-25-18-21(33)13-15-27(25)36(32(28)38)29-23-10-6-7-11-26(23)34-31(29)37/h6-7,10-15,17-19H,4-5,8-9,16H2,1-3H3/p+1. The Balaban J connectivity index is 1.44. The van der Waals surface area contributed by atoms with E-state index >= 15 is 0 Å². The van der Waals surface area contributed by atoms with Crippen molar-refractivity contribution < 1.29 is 23.3 Å². The second-order valence-electron chi connectivity index (χ2n) is 10.2. The Morgan fingerprint density at radius 1 is 0.974 bits per heavy atom. The Bertz CT molecular complexity index is 1590. The van der Waals surface area contributed by atoms with Gasteiger partial charge in [-0.15, -0.1) is 4.58 Å². The molecule has 0 aromatic heterocycles. The van der Waals surface area contributed by atoms with Gasteiger partial charge in [0.15, 0.2) is 0 Å². The lowest BCUT2D eigenvalue weighted by atomic mass is 9.96. The maximum atomic E-state index is 14.5. The first-order valence-corrected chi connectivity index (χ1v) is 13.6. The van der Waals surface area contributed by atoms with E-state index in [1.165, 1.54) is 22.3 Å². The molecule has 3 heterocycles.